The molecule has 0 radical (unpaired) electrons. The molecule has 2 rings (SSSR count). The van der Waals surface area contributed by atoms with E-state index in [4.69, 9.17) is 23.7 Å². The molecule has 0 spiro atoms. The van der Waals surface area contributed by atoms with Crippen LogP contribution in [0.15, 0.2) is 35.7 Å². The van der Waals surface area contributed by atoms with Crippen LogP contribution in [0.25, 0.3) is 6.08 Å². The Balaban J connectivity index is 2.22. The normalized spacial score (nSPS) is 11.6. The molecule has 9 heteroatoms. The highest BCUT2D eigenvalue weighted by Gasteiger charge is 2.13. The van der Waals surface area contributed by atoms with Crippen molar-refractivity contribution in [1.29, 1.82) is 0 Å². The number of benzene rings is 2. The lowest BCUT2D eigenvalue weighted by molar-refractivity contribution is 0.120. The van der Waals surface area contributed by atoms with E-state index in [2.05, 4.69) is 4.74 Å². The first-order chi connectivity index (χ1) is 14.4. The summed E-state index contributed by atoms with van der Waals surface area (Å²) in [6.45, 7) is 0. The van der Waals surface area contributed by atoms with Gasteiger partial charge in [-0.25, -0.2) is 4.79 Å². The van der Waals surface area contributed by atoms with E-state index in [1.807, 2.05) is 0 Å². The average Bonchev–Trinajstić information content (AvgIpc) is 2.77. The number of carbonyl (C=O) groups excluding carboxylic acids is 1. The molecule has 0 aliphatic carbocycles. The Bertz CT molecular complexity index is 914. The summed E-state index contributed by atoms with van der Waals surface area (Å²) < 4.78 is 43.3. The highest BCUT2D eigenvalue weighted by molar-refractivity contribution is 7.87. The maximum Gasteiger partial charge on any atom is 0.513 e. The van der Waals surface area contributed by atoms with E-state index in [-0.39, 0.29) is 11.5 Å². The number of methoxy groups -OCH3 is 5. The van der Waals surface area contributed by atoms with Gasteiger partial charge in [-0.05, 0) is 23.8 Å². The van der Waals surface area contributed by atoms with Crippen LogP contribution in [0.2, 0.25) is 0 Å². The van der Waals surface area contributed by atoms with E-state index < -0.39 is 17.0 Å². The quantitative estimate of drug-likeness (QED) is 0.433. The molecule has 0 aliphatic rings. The van der Waals surface area contributed by atoms with Gasteiger partial charge in [-0.15, -0.1) is 0 Å². The van der Waals surface area contributed by atoms with Crippen molar-refractivity contribution in [2.24, 2.45) is 0 Å². The summed E-state index contributed by atoms with van der Waals surface area (Å²) in [5.41, 5.74) is 1.32. The van der Waals surface area contributed by atoms with Gasteiger partial charge in [-0.2, -0.15) is 0 Å². The van der Waals surface area contributed by atoms with E-state index >= 15 is 0 Å². The summed E-state index contributed by atoms with van der Waals surface area (Å²) in [5.74, 6) is 2.37. The maximum atomic E-state index is 12.6. The average molecular weight is 436 g/mol. The Kier molecular flexibility index (Phi) is 8.54. The fourth-order valence-electron chi connectivity index (χ4n) is 2.58. The fourth-order valence-corrected chi connectivity index (χ4v) is 3.47. The number of ether oxygens (including phenoxy) is 6. The van der Waals surface area contributed by atoms with Gasteiger partial charge in [-0.1, -0.05) is 6.07 Å². The predicted octanol–water partition coefficient (Wildman–Crippen LogP) is 3.79. The molecule has 2 aromatic carbocycles. The van der Waals surface area contributed by atoms with E-state index in [0.717, 1.165) is 0 Å². The van der Waals surface area contributed by atoms with Crippen molar-refractivity contribution in [2.75, 3.05) is 35.5 Å². The highest BCUT2D eigenvalue weighted by atomic mass is 32.2. The molecule has 0 aromatic heterocycles. The van der Waals surface area contributed by atoms with Crippen LogP contribution in [0.3, 0.4) is 0 Å². The van der Waals surface area contributed by atoms with Crippen LogP contribution in [-0.2, 0) is 21.3 Å². The fraction of sp³-hybridized carbons (Fsp3) is 0.286. The molecule has 1 unspecified atom stereocenters. The van der Waals surface area contributed by atoms with Crippen molar-refractivity contribution in [3.05, 3.63) is 46.9 Å². The first-order valence-corrected chi connectivity index (χ1v) is 10.1. The minimum atomic E-state index is -1.37. The van der Waals surface area contributed by atoms with Gasteiger partial charge in [0.05, 0.1) is 57.7 Å². The molecule has 0 saturated carbocycles. The molecule has 8 nitrogen and oxygen atoms in total. The third-order valence-electron chi connectivity index (χ3n) is 4.04. The molecular formula is C21H24O8S. The zero-order chi connectivity index (χ0) is 22.1. The molecule has 162 valence electrons. The molecule has 1 atom stereocenters. The lowest BCUT2D eigenvalue weighted by Crippen LogP contribution is -2.08. The Morgan fingerprint density at radius 2 is 1.50 bits per heavy atom. The number of hydrogen-bond acceptors (Lipinski definition) is 8. The first kappa shape index (κ1) is 23.1. The number of carbonyl (C=O) groups is 1. The monoisotopic (exact) mass is 436 g/mol. The third-order valence-corrected chi connectivity index (χ3v) is 5.09. The van der Waals surface area contributed by atoms with E-state index in [1.54, 1.807) is 43.5 Å². The third kappa shape index (κ3) is 5.90. The summed E-state index contributed by atoms with van der Waals surface area (Å²) in [6.07, 6.45) is 0.799. The molecule has 0 heterocycles. The summed E-state index contributed by atoms with van der Waals surface area (Å²) in [4.78, 5) is 11.4. The van der Waals surface area contributed by atoms with Gasteiger partial charge < -0.3 is 28.4 Å². The van der Waals surface area contributed by atoms with Crippen molar-refractivity contribution in [2.45, 2.75) is 5.75 Å². The molecule has 0 N–H and O–H groups in total. The lowest BCUT2D eigenvalue weighted by Gasteiger charge is -2.12. The smallest absolute Gasteiger partial charge is 0.496 e. The van der Waals surface area contributed by atoms with Gasteiger partial charge in [0.1, 0.15) is 17.2 Å². The van der Waals surface area contributed by atoms with Crippen LogP contribution < -0.4 is 23.7 Å². The van der Waals surface area contributed by atoms with Crippen molar-refractivity contribution in [3.63, 3.8) is 0 Å². The molecule has 0 bridgehead atoms. The Labute approximate surface area is 177 Å². The molecule has 0 aliphatic heterocycles. The summed E-state index contributed by atoms with van der Waals surface area (Å²) in [5, 5.41) is 1.54. The van der Waals surface area contributed by atoms with Crippen molar-refractivity contribution < 1.29 is 37.4 Å². The van der Waals surface area contributed by atoms with Crippen LogP contribution >= 0.6 is 0 Å². The Morgan fingerprint density at radius 3 is 2.03 bits per heavy atom. The number of hydrogen-bond donors (Lipinski definition) is 0. The second-order valence-electron chi connectivity index (χ2n) is 5.81. The van der Waals surface area contributed by atoms with E-state index in [1.165, 1.54) is 33.8 Å². The van der Waals surface area contributed by atoms with Gasteiger partial charge in [0.15, 0.2) is 11.5 Å². The standard InChI is InChI=1S/C21H24O8S/c1-24-15-11-18(26-3)16(19(12-15)27-4)8-9-30(23)13-14-6-7-17(25-2)20(10-14)29-21(22)28-5/h6-12H,13H2,1-5H3. The van der Waals surface area contributed by atoms with Gasteiger partial charge in [0.25, 0.3) is 0 Å². The van der Waals surface area contributed by atoms with E-state index in [9.17, 15) is 9.00 Å². The predicted molar refractivity (Wildman–Crippen MR) is 113 cm³/mol. The van der Waals surface area contributed by atoms with Gasteiger partial charge >= 0.3 is 6.16 Å². The van der Waals surface area contributed by atoms with Crippen molar-refractivity contribution in [1.82, 2.24) is 0 Å². The van der Waals surface area contributed by atoms with Crippen LogP contribution in [0, 0.1) is 0 Å². The largest absolute Gasteiger partial charge is 0.513 e. The molecule has 2 aromatic rings. The van der Waals surface area contributed by atoms with Crippen LogP contribution in [0.1, 0.15) is 11.1 Å². The lowest BCUT2D eigenvalue weighted by atomic mass is 10.1. The zero-order valence-electron chi connectivity index (χ0n) is 17.4. The SMILES string of the molecule is COC(=O)Oc1cc(CS(=O)C=Cc2c(OC)cc(OC)cc2OC)ccc1OC. The molecule has 0 amide bonds. The highest BCUT2D eigenvalue weighted by Crippen LogP contribution is 2.35. The van der Waals surface area contributed by atoms with Crippen LogP contribution in [0.5, 0.6) is 28.7 Å². The Morgan fingerprint density at radius 1 is 0.867 bits per heavy atom. The van der Waals surface area contributed by atoms with E-state index in [0.29, 0.717) is 34.1 Å². The maximum absolute atomic E-state index is 12.6. The van der Waals surface area contributed by atoms with Crippen molar-refractivity contribution in [3.8, 4) is 28.7 Å². The minimum Gasteiger partial charge on any atom is -0.496 e. The summed E-state index contributed by atoms with van der Waals surface area (Å²) >= 11 is 0. The summed E-state index contributed by atoms with van der Waals surface area (Å²) in [6, 6.07) is 8.37. The van der Waals surface area contributed by atoms with Gasteiger partial charge in [0, 0.05) is 17.5 Å². The summed E-state index contributed by atoms with van der Waals surface area (Å²) in [7, 11) is 5.91. The molecule has 0 saturated heterocycles. The number of rotatable bonds is 9. The topological polar surface area (TPSA) is 89.5 Å². The second-order valence-corrected chi connectivity index (χ2v) is 7.14. The molecule has 30 heavy (non-hydrogen) atoms. The first-order valence-electron chi connectivity index (χ1n) is 8.73. The molecule has 0 fully saturated rings. The van der Waals surface area contributed by atoms with Gasteiger partial charge in [-0.3, -0.25) is 4.21 Å². The van der Waals surface area contributed by atoms with Gasteiger partial charge in [0.2, 0.25) is 0 Å². The zero-order valence-corrected chi connectivity index (χ0v) is 18.2. The van der Waals surface area contributed by atoms with Crippen LogP contribution in [-0.4, -0.2) is 45.9 Å². The van der Waals surface area contributed by atoms with Crippen molar-refractivity contribution >= 4 is 23.0 Å². The minimum absolute atomic E-state index is 0.182. The molecular weight excluding hydrogens is 412 g/mol. The Hall–Kier alpha value is -3.20. The van der Waals surface area contributed by atoms with Crippen LogP contribution in [0.4, 0.5) is 4.79 Å². The second kappa shape index (κ2) is 11.1.